The molecular weight excluding hydrogens is 268 g/mol. The third-order valence-electron chi connectivity index (χ3n) is 3.46. The molecule has 104 valence electrons. The highest BCUT2D eigenvalue weighted by molar-refractivity contribution is 6.31. The number of halogens is 1. The summed E-state index contributed by atoms with van der Waals surface area (Å²) in [6.07, 6.45) is 6.59. The van der Waals surface area contributed by atoms with E-state index in [0.29, 0.717) is 11.9 Å². The summed E-state index contributed by atoms with van der Waals surface area (Å²) >= 11 is 5.85. The second-order valence-electron chi connectivity index (χ2n) is 4.73. The lowest BCUT2D eigenvalue weighted by molar-refractivity contribution is -0.384. The van der Waals surface area contributed by atoms with Crippen LogP contribution in [0.3, 0.4) is 0 Å². The Labute approximate surface area is 117 Å². The minimum absolute atomic E-state index is 0.0872. The first-order chi connectivity index (χ1) is 9.15. The van der Waals surface area contributed by atoms with Crippen LogP contribution in [0.25, 0.3) is 0 Å². The first-order valence-corrected chi connectivity index (χ1v) is 6.94. The molecule has 0 N–H and O–H groups in total. The van der Waals surface area contributed by atoms with Crippen molar-refractivity contribution in [3.8, 4) is 0 Å². The molecule has 0 amide bonds. The Morgan fingerprint density at radius 3 is 3.00 bits per heavy atom. The van der Waals surface area contributed by atoms with Crippen LogP contribution in [0.5, 0.6) is 0 Å². The fourth-order valence-corrected chi connectivity index (χ4v) is 2.83. The Morgan fingerprint density at radius 1 is 1.53 bits per heavy atom. The van der Waals surface area contributed by atoms with Gasteiger partial charge in [0.05, 0.1) is 4.92 Å². The molecule has 0 aliphatic carbocycles. The van der Waals surface area contributed by atoms with Crippen LogP contribution in [-0.2, 0) is 0 Å². The largest absolute Gasteiger partial charge is 0.348 e. The van der Waals surface area contributed by atoms with Crippen LogP contribution in [-0.4, -0.2) is 27.5 Å². The van der Waals surface area contributed by atoms with Gasteiger partial charge in [-0.1, -0.05) is 24.9 Å². The summed E-state index contributed by atoms with van der Waals surface area (Å²) in [5, 5.41) is 11.1. The molecule has 7 heteroatoms. The van der Waals surface area contributed by atoms with Crippen molar-refractivity contribution in [2.24, 2.45) is 0 Å². The summed E-state index contributed by atoms with van der Waals surface area (Å²) in [6.45, 7) is 2.91. The maximum Gasteiger partial charge on any atom is 0.348 e. The van der Waals surface area contributed by atoms with Gasteiger partial charge in [-0.25, -0.2) is 9.97 Å². The fraction of sp³-hybridized carbons (Fsp3) is 0.667. The lowest BCUT2D eigenvalue weighted by Gasteiger charge is -2.36. The van der Waals surface area contributed by atoms with Gasteiger partial charge in [0.25, 0.3) is 0 Å². The van der Waals surface area contributed by atoms with Gasteiger partial charge in [0.2, 0.25) is 11.0 Å². The van der Waals surface area contributed by atoms with Crippen molar-refractivity contribution in [2.75, 3.05) is 11.4 Å². The molecule has 1 unspecified atom stereocenters. The van der Waals surface area contributed by atoms with Crippen molar-refractivity contribution in [3.63, 3.8) is 0 Å². The van der Waals surface area contributed by atoms with Crippen molar-refractivity contribution in [1.29, 1.82) is 0 Å². The maximum absolute atomic E-state index is 11.2. The van der Waals surface area contributed by atoms with Gasteiger partial charge in [-0.05, 0) is 25.7 Å². The SMILES string of the molecule is CCCC1CCCCN1c1ncnc(Cl)c1[N+](=O)[O-]. The van der Waals surface area contributed by atoms with Crippen molar-refractivity contribution < 1.29 is 4.92 Å². The van der Waals surface area contributed by atoms with E-state index in [0.717, 1.165) is 38.6 Å². The number of piperidine rings is 1. The molecule has 1 fully saturated rings. The maximum atomic E-state index is 11.2. The smallest absolute Gasteiger partial charge is 0.348 e. The van der Waals surface area contributed by atoms with Gasteiger partial charge in [0.1, 0.15) is 6.33 Å². The van der Waals surface area contributed by atoms with Crippen LogP contribution in [0.2, 0.25) is 5.15 Å². The first kappa shape index (κ1) is 14.0. The van der Waals surface area contributed by atoms with Gasteiger partial charge in [-0.15, -0.1) is 0 Å². The fourth-order valence-electron chi connectivity index (χ4n) is 2.63. The minimum atomic E-state index is -0.491. The summed E-state index contributed by atoms with van der Waals surface area (Å²) < 4.78 is 0. The Kier molecular flexibility index (Phi) is 4.52. The van der Waals surface area contributed by atoms with Gasteiger partial charge in [0.15, 0.2) is 0 Å². The Morgan fingerprint density at radius 2 is 2.32 bits per heavy atom. The van der Waals surface area contributed by atoms with Crippen molar-refractivity contribution >= 4 is 23.1 Å². The molecule has 0 saturated carbocycles. The van der Waals surface area contributed by atoms with Gasteiger partial charge in [0, 0.05) is 12.6 Å². The Balaban J connectivity index is 2.38. The summed E-state index contributed by atoms with van der Waals surface area (Å²) in [6, 6.07) is 0.309. The van der Waals surface area contributed by atoms with Gasteiger partial charge in [-0.2, -0.15) is 0 Å². The summed E-state index contributed by atoms with van der Waals surface area (Å²) in [7, 11) is 0. The lowest BCUT2D eigenvalue weighted by atomic mass is 9.98. The van der Waals surface area contributed by atoms with E-state index in [9.17, 15) is 10.1 Å². The van der Waals surface area contributed by atoms with E-state index in [4.69, 9.17) is 11.6 Å². The Hall–Kier alpha value is -1.43. The lowest BCUT2D eigenvalue weighted by Crippen LogP contribution is -2.40. The quantitative estimate of drug-likeness (QED) is 0.482. The average molecular weight is 285 g/mol. The van der Waals surface area contributed by atoms with E-state index in [2.05, 4.69) is 16.9 Å². The molecule has 1 aromatic heterocycles. The second kappa shape index (κ2) is 6.14. The standard InChI is InChI=1S/C12H17ClN4O2/c1-2-5-9-6-3-4-7-16(9)12-10(17(18)19)11(13)14-8-15-12/h8-9H,2-7H2,1H3. The highest BCUT2D eigenvalue weighted by Gasteiger charge is 2.31. The molecule has 2 rings (SSSR count). The summed E-state index contributed by atoms with van der Waals surface area (Å²) in [5.74, 6) is 0.364. The molecule has 1 atom stereocenters. The molecule has 1 aromatic rings. The van der Waals surface area contributed by atoms with Crippen LogP contribution in [0.1, 0.15) is 39.0 Å². The van der Waals surface area contributed by atoms with Crippen LogP contribution >= 0.6 is 11.6 Å². The van der Waals surface area contributed by atoms with Crippen LogP contribution in [0.4, 0.5) is 11.5 Å². The van der Waals surface area contributed by atoms with Gasteiger partial charge >= 0.3 is 5.69 Å². The average Bonchev–Trinajstić information content (AvgIpc) is 2.39. The number of nitro groups is 1. The third-order valence-corrected chi connectivity index (χ3v) is 3.74. The molecule has 1 saturated heterocycles. The molecule has 0 radical (unpaired) electrons. The minimum Gasteiger partial charge on any atom is -0.348 e. The predicted octanol–water partition coefficient (Wildman–Crippen LogP) is 3.20. The van der Waals surface area contributed by atoms with Gasteiger partial charge < -0.3 is 4.90 Å². The van der Waals surface area contributed by atoms with Crippen molar-refractivity contribution in [3.05, 3.63) is 21.6 Å². The number of hydrogen-bond donors (Lipinski definition) is 0. The highest BCUT2D eigenvalue weighted by Crippen LogP contribution is 2.35. The molecule has 0 spiro atoms. The third kappa shape index (κ3) is 2.94. The molecule has 2 heterocycles. The van der Waals surface area contributed by atoms with Crippen molar-refractivity contribution in [2.45, 2.75) is 45.1 Å². The van der Waals surface area contributed by atoms with Crippen LogP contribution in [0, 0.1) is 10.1 Å². The zero-order chi connectivity index (χ0) is 13.8. The molecule has 19 heavy (non-hydrogen) atoms. The molecule has 6 nitrogen and oxygen atoms in total. The van der Waals surface area contributed by atoms with E-state index in [1.807, 2.05) is 4.90 Å². The summed E-state index contributed by atoms with van der Waals surface area (Å²) in [5.41, 5.74) is -0.174. The Bertz CT molecular complexity index is 467. The zero-order valence-corrected chi connectivity index (χ0v) is 11.6. The van der Waals surface area contributed by atoms with E-state index in [1.54, 1.807) is 0 Å². The monoisotopic (exact) mass is 284 g/mol. The van der Waals surface area contributed by atoms with Crippen LogP contribution in [0.15, 0.2) is 6.33 Å². The van der Waals surface area contributed by atoms with E-state index in [-0.39, 0.29) is 10.8 Å². The number of hydrogen-bond acceptors (Lipinski definition) is 5. The number of rotatable bonds is 4. The first-order valence-electron chi connectivity index (χ1n) is 6.56. The van der Waals surface area contributed by atoms with E-state index in [1.165, 1.54) is 6.33 Å². The number of nitrogens with zero attached hydrogens (tertiary/aromatic N) is 4. The molecule has 0 bridgehead atoms. The molecule has 1 aliphatic rings. The molecule has 1 aliphatic heterocycles. The molecule has 0 aromatic carbocycles. The van der Waals surface area contributed by atoms with E-state index < -0.39 is 4.92 Å². The van der Waals surface area contributed by atoms with Gasteiger partial charge in [-0.3, -0.25) is 10.1 Å². The predicted molar refractivity (Wildman–Crippen MR) is 73.6 cm³/mol. The second-order valence-corrected chi connectivity index (χ2v) is 5.08. The number of aromatic nitrogens is 2. The zero-order valence-electron chi connectivity index (χ0n) is 10.9. The topological polar surface area (TPSA) is 72.2 Å². The highest BCUT2D eigenvalue weighted by atomic mass is 35.5. The number of anilines is 1. The van der Waals surface area contributed by atoms with Crippen molar-refractivity contribution in [1.82, 2.24) is 9.97 Å². The normalized spacial score (nSPS) is 19.5. The van der Waals surface area contributed by atoms with E-state index >= 15 is 0 Å². The summed E-state index contributed by atoms with van der Waals surface area (Å²) in [4.78, 5) is 20.5. The molecular formula is C12H17ClN4O2. The van der Waals surface area contributed by atoms with Crippen LogP contribution < -0.4 is 4.90 Å².